The van der Waals surface area contributed by atoms with E-state index in [1.54, 1.807) is 24.3 Å². The van der Waals surface area contributed by atoms with Gasteiger partial charge in [0.05, 0.1) is 0 Å². The van der Waals surface area contributed by atoms with Gasteiger partial charge in [0.1, 0.15) is 11.6 Å². The van der Waals surface area contributed by atoms with Crippen LogP contribution in [-0.2, 0) is 9.59 Å². The predicted octanol–water partition coefficient (Wildman–Crippen LogP) is 1.81. The van der Waals surface area contributed by atoms with Crippen molar-refractivity contribution in [1.82, 2.24) is 0 Å². The van der Waals surface area contributed by atoms with E-state index < -0.39 is 0 Å². The zero-order valence-corrected chi connectivity index (χ0v) is 6.95. The zero-order valence-electron chi connectivity index (χ0n) is 6.95. The highest BCUT2D eigenvalue weighted by atomic mass is 16.1. The fraction of sp³-hybridized carbons (Fsp3) is 0.400. The first-order chi connectivity index (χ1) is 5.79. The number of hydrogen-bond acceptors (Lipinski definition) is 2. The van der Waals surface area contributed by atoms with Gasteiger partial charge in [-0.2, -0.15) is 0 Å². The lowest BCUT2D eigenvalue weighted by molar-refractivity contribution is -0.118. The summed E-state index contributed by atoms with van der Waals surface area (Å²) in [6, 6.07) is 0. The molecule has 0 aromatic heterocycles. The van der Waals surface area contributed by atoms with E-state index >= 15 is 0 Å². The molecule has 0 atom stereocenters. The minimum Gasteiger partial charge on any atom is -0.299 e. The predicted molar refractivity (Wildman–Crippen MR) is 46.8 cm³/mol. The summed E-state index contributed by atoms with van der Waals surface area (Å²) in [7, 11) is 0. The average Bonchev–Trinajstić information content (AvgIpc) is 2.06. The molecule has 0 fully saturated rings. The summed E-state index contributed by atoms with van der Waals surface area (Å²) in [4.78, 5) is 22.0. The summed E-state index contributed by atoms with van der Waals surface area (Å²) in [5.41, 5.74) is 0. The van der Waals surface area contributed by atoms with Crippen LogP contribution in [-0.4, -0.2) is 11.6 Å². The largest absolute Gasteiger partial charge is 0.299 e. The topological polar surface area (TPSA) is 34.1 Å². The number of allylic oxidation sites excluding steroid dienone is 4. The molecule has 0 unspecified atom stereocenters. The molecule has 2 nitrogen and oxygen atoms in total. The van der Waals surface area contributed by atoms with E-state index in [0.717, 1.165) is 0 Å². The molecule has 0 aliphatic heterocycles. The van der Waals surface area contributed by atoms with Gasteiger partial charge < -0.3 is 0 Å². The molecular weight excluding hydrogens is 152 g/mol. The Morgan fingerprint density at radius 3 is 1.17 bits per heavy atom. The number of rotatable bonds is 0. The van der Waals surface area contributed by atoms with Crippen LogP contribution in [0.3, 0.4) is 0 Å². The van der Waals surface area contributed by atoms with Crippen molar-refractivity contribution in [3.8, 4) is 0 Å². The van der Waals surface area contributed by atoms with Gasteiger partial charge in [-0.3, -0.25) is 9.59 Å². The molecule has 0 amide bonds. The Morgan fingerprint density at radius 1 is 0.667 bits per heavy atom. The van der Waals surface area contributed by atoms with Gasteiger partial charge in [0.2, 0.25) is 0 Å². The zero-order chi connectivity index (χ0) is 8.81. The van der Waals surface area contributed by atoms with Crippen LogP contribution in [0.25, 0.3) is 0 Å². The van der Waals surface area contributed by atoms with E-state index in [4.69, 9.17) is 0 Å². The Labute approximate surface area is 72.0 Å². The second-order valence-corrected chi connectivity index (χ2v) is 2.84. The molecule has 0 aromatic rings. The van der Waals surface area contributed by atoms with Crippen molar-refractivity contribution in [1.29, 1.82) is 0 Å². The van der Waals surface area contributed by atoms with Crippen LogP contribution in [0.1, 0.15) is 25.7 Å². The van der Waals surface area contributed by atoms with Crippen molar-refractivity contribution in [3.05, 3.63) is 24.3 Å². The number of ketones is 2. The van der Waals surface area contributed by atoms with E-state index in [1.165, 1.54) is 0 Å². The van der Waals surface area contributed by atoms with Gasteiger partial charge in [0.25, 0.3) is 0 Å². The number of carbonyl (C=O) groups excluding carboxylic acids is 2. The van der Waals surface area contributed by atoms with E-state index in [2.05, 4.69) is 0 Å². The van der Waals surface area contributed by atoms with Crippen LogP contribution in [0.5, 0.6) is 0 Å². The van der Waals surface area contributed by atoms with Crippen molar-refractivity contribution in [2.75, 3.05) is 0 Å². The number of carbonyl (C=O) groups is 2. The molecule has 64 valence electrons. The van der Waals surface area contributed by atoms with Crippen molar-refractivity contribution in [2.24, 2.45) is 0 Å². The third-order valence-corrected chi connectivity index (χ3v) is 1.72. The average molecular weight is 164 g/mol. The molecule has 0 radical (unpaired) electrons. The molecule has 1 aliphatic carbocycles. The fourth-order valence-electron chi connectivity index (χ4n) is 1.03. The first kappa shape index (κ1) is 8.91. The Kier molecular flexibility index (Phi) is 3.45. The normalized spacial score (nSPS) is 25.0. The standard InChI is InChI=1S/C10H12O2/c11-9-5-1-2-6-10(12)8-4-3-7-9/h1-4H,5-8H2/b2-1-,4-3-. The van der Waals surface area contributed by atoms with E-state index in [9.17, 15) is 9.59 Å². The summed E-state index contributed by atoms with van der Waals surface area (Å²) in [5.74, 6) is 0.411. The molecule has 0 saturated carbocycles. The number of Topliss-reactive ketones (excluding diaryl/α,β-unsaturated/α-hetero) is 2. The monoisotopic (exact) mass is 164 g/mol. The highest BCUT2D eigenvalue weighted by Crippen LogP contribution is 2.01. The maximum atomic E-state index is 11.0. The van der Waals surface area contributed by atoms with Crippen molar-refractivity contribution >= 4 is 11.6 Å². The minimum atomic E-state index is 0.205. The number of hydrogen-bond donors (Lipinski definition) is 0. The van der Waals surface area contributed by atoms with Crippen molar-refractivity contribution in [2.45, 2.75) is 25.7 Å². The van der Waals surface area contributed by atoms with Gasteiger partial charge >= 0.3 is 0 Å². The van der Waals surface area contributed by atoms with Crippen molar-refractivity contribution < 1.29 is 9.59 Å². The van der Waals surface area contributed by atoms with E-state index in [1.807, 2.05) is 0 Å². The Morgan fingerprint density at radius 2 is 0.917 bits per heavy atom. The third-order valence-electron chi connectivity index (χ3n) is 1.72. The van der Waals surface area contributed by atoms with Gasteiger partial charge in [0.15, 0.2) is 0 Å². The van der Waals surface area contributed by atoms with Gasteiger partial charge in [-0.15, -0.1) is 0 Å². The third kappa shape index (κ3) is 3.28. The van der Waals surface area contributed by atoms with Crippen LogP contribution in [0.2, 0.25) is 0 Å². The molecule has 0 bridgehead atoms. The fourth-order valence-corrected chi connectivity index (χ4v) is 1.03. The Bertz CT molecular complexity index is 190. The van der Waals surface area contributed by atoms with Crippen LogP contribution in [0.15, 0.2) is 24.3 Å². The highest BCUT2D eigenvalue weighted by Gasteiger charge is 2.00. The highest BCUT2D eigenvalue weighted by molar-refractivity contribution is 5.84. The molecule has 0 spiro atoms. The van der Waals surface area contributed by atoms with Gasteiger partial charge in [-0.1, -0.05) is 24.3 Å². The second-order valence-electron chi connectivity index (χ2n) is 2.84. The van der Waals surface area contributed by atoms with Crippen molar-refractivity contribution in [3.63, 3.8) is 0 Å². The Hall–Kier alpha value is -1.18. The van der Waals surface area contributed by atoms with Crippen LogP contribution >= 0.6 is 0 Å². The second kappa shape index (κ2) is 4.65. The lowest BCUT2D eigenvalue weighted by Gasteiger charge is -1.95. The lowest BCUT2D eigenvalue weighted by atomic mass is 10.1. The molecular formula is C10H12O2. The first-order valence-electron chi connectivity index (χ1n) is 4.12. The first-order valence-corrected chi connectivity index (χ1v) is 4.12. The van der Waals surface area contributed by atoms with E-state index in [-0.39, 0.29) is 11.6 Å². The van der Waals surface area contributed by atoms with Crippen LogP contribution in [0, 0.1) is 0 Å². The summed E-state index contributed by atoms with van der Waals surface area (Å²) in [6.45, 7) is 0. The van der Waals surface area contributed by atoms with Crippen LogP contribution < -0.4 is 0 Å². The molecule has 2 heteroatoms. The van der Waals surface area contributed by atoms with Gasteiger partial charge in [-0.05, 0) is 0 Å². The summed E-state index contributed by atoms with van der Waals surface area (Å²) < 4.78 is 0. The molecule has 0 saturated heterocycles. The summed E-state index contributed by atoms with van der Waals surface area (Å²) >= 11 is 0. The molecule has 0 N–H and O–H groups in total. The molecule has 12 heavy (non-hydrogen) atoms. The molecule has 1 rings (SSSR count). The summed E-state index contributed by atoms with van der Waals surface area (Å²) in [6.07, 6.45) is 8.93. The Balaban J connectivity index is 2.54. The van der Waals surface area contributed by atoms with Gasteiger partial charge in [-0.25, -0.2) is 0 Å². The van der Waals surface area contributed by atoms with E-state index in [0.29, 0.717) is 25.7 Å². The van der Waals surface area contributed by atoms with Gasteiger partial charge in [0, 0.05) is 25.7 Å². The maximum absolute atomic E-state index is 11.0. The molecule has 0 aromatic carbocycles. The quantitative estimate of drug-likeness (QED) is 0.512. The minimum absolute atomic E-state index is 0.205. The maximum Gasteiger partial charge on any atom is 0.140 e. The molecule has 0 heterocycles. The SMILES string of the molecule is O=C1C/C=C\CC(=O)C/C=C\C1. The smallest absolute Gasteiger partial charge is 0.140 e. The van der Waals surface area contributed by atoms with Crippen LogP contribution in [0.4, 0.5) is 0 Å². The summed E-state index contributed by atoms with van der Waals surface area (Å²) in [5, 5.41) is 0. The molecule has 1 aliphatic rings. The lowest BCUT2D eigenvalue weighted by Crippen LogP contribution is -1.97.